The Balaban J connectivity index is 2.56. The third-order valence-corrected chi connectivity index (χ3v) is 2.97. The van der Waals surface area contributed by atoms with Crippen molar-refractivity contribution in [1.82, 2.24) is 5.32 Å². The molecule has 0 saturated carbocycles. The molecule has 15 heavy (non-hydrogen) atoms. The topological polar surface area (TPSA) is 25.2 Å². The first-order valence-electron chi connectivity index (χ1n) is 5.89. The van der Waals surface area contributed by atoms with Gasteiger partial charge in [0, 0.05) is 12.5 Å². The molecule has 0 saturated heterocycles. The Hall–Kier alpha value is -0.760. The zero-order chi connectivity index (χ0) is 11.4. The zero-order valence-electron chi connectivity index (χ0n) is 10.5. The quantitative estimate of drug-likeness (QED) is 0.802. The molecule has 2 nitrogen and oxygen atoms in total. The van der Waals surface area contributed by atoms with Gasteiger partial charge in [0.05, 0.1) is 6.04 Å². The van der Waals surface area contributed by atoms with Crippen molar-refractivity contribution < 1.29 is 4.42 Å². The third kappa shape index (κ3) is 3.38. The van der Waals surface area contributed by atoms with Gasteiger partial charge in [-0.05, 0) is 31.9 Å². The van der Waals surface area contributed by atoms with E-state index in [0.29, 0.717) is 18.0 Å². The number of hydrogen-bond acceptors (Lipinski definition) is 2. The van der Waals surface area contributed by atoms with Gasteiger partial charge in [0.15, 0.2) is 0 Å². The maximum absolute atomic E-state index is 5.71. The van der Waals surface area contributed by atoms with Gasteiger partial charge in [0.25, 0.3) is 0 Å². The Kier molecular flexibility index (Phi) is 4.40. The molecule has 2 atom stereocenters. The molecule has 0 amide bonds. The fourth-order valence-corrected chi connectivity index (χ4v) is 1.49. The van der Waals surface area contributed by atoms with E-state index in [-0.39, 0.29) is 0 Å². The van der Waals surface area contributed by atoms with Crippen LogP contribution in [0.1, 0.15) is 52.2 Å². The van der Waals surface area contributed by atoms with Crippen LogP contribution in [0.2, 0.25) is 0 Å². The molecule has 0 bridgehead atoms. The van der Waals surface area contributed by atoms with E-state index < -0.39 is 0 Å². The second-order valence-electron chi connectivity index (χ2n) is 4.58. The summed E-state index contributed by atoms with van der Waals surface area (Å²) in [6, 6.07) is 4.94. The first-order valence-corrected chi connectivity index (χ1v) is 5.89. The molecule has 0 aromatic carbocycles. The molecule has 0 aliphatic heterocycles. The van der Waals surface area contributed by atoms with Crippen LogP contribution in [0.4, 0.5) is 0 Å². The van der Waals surface area contributed by atoms with Crippen molar-refractivity contribution in [3.05, 3.63) is 23.7 Å². The highest BCUT2D eigenvalue weighted by Gasteiger charge is 2.14. The van der Waals surface area contributed by atoms with E-state index in [2.05, 4.69) is 52.1 Å². The normalized spacial score (nSPS) is 15.6. The van der Waals surface area contributed by atoms with E-state index in [1.165, 1.54) is 0 Å². The predicted molar refractivity (Wildman–Crippen MR) is 63.9 cm³/mol. The van der Waals surface area contributed by atoms with Gasteiger partial charge >= 0.3 is 0 Å². The minimum atomic E-state index is 0.294. The molecule has 0 spiro atoms. The first-order chi connectivity index (χ1) is 7.04. The standard InChI is InChI=1S/C13H23NO/c1-6-12-7-8-13(15-12)11(5)14-10(4)9(2)3/h7-11,14H,6H2,1-5H3. The van der Waals surface area contributed by atoms with Crippen molar-refractivity contribution in [3.63, 3.8) is 0 Å². The zero-order valence-corrected chi connectivity index (χ0v) is 10.5. The minimum Gasteiger partial charge on any atom is -0.464 e. The first kappa shape index (κ1) is 12.3. The van der Waals surface area contributed by atoms with Crippen molar-refractivity contribution in [2.75, 3.05) is 0 Å². The number of nitrogens with one attached hydrogen (secondary N) is 1. The van der Waals surface area contributed by atoms with Crippen molar-refractivity contribution in [1.29, 1.82) is 0 Å². The second-order valence-corrected chi connectivity index (χ2v) is 4.58. The molecule has 1 aromatic heterocycles. The summed E-state index contributed by atoms with van der Waals surface area (Å²) in [5, 5.41) is 3.54. The van der Waals surface area contributed by atoms with Gasteiger partial charge in [-0.25, -0.2) is 0 Å². The third-order valence-electron chi connectivity index (χ3n) is 2.97. The van der Waals surface area contributed by atoms with Gasteiger partial charge in [-0.3, -0.25) is 0 Å². The van der Waals surface area contributed by atoms with Crippen LogP contribution in [0.3, 0.4) is 0 Å². The predicted octanol–water partition coefficient (Wildman–Crippen LogP) is 3.54. The van der Waals surface area contributed by atoms with Crippen LogP contribution in [0.15, 0.2) is 16.5 Å². The van der Waals surface area contributed by atoms with Crippen LogP contribution >= 0.6 is 0 Å². The molecular weight excluding hydrogens is 186 g/mol. The average Bonchev–Trinajstić information content (AvgIpc) is 2.65. The largest absolute Gasteiger partial charge is 0.464 e. The molecule has 2 unspecified atom stereocenters. The summed E-state index contributed by atoms with van der Waals surface area (Å²) in [4.78, 5) is 0. The Labute approximate surface area is 93.1 Å². The summed E-state index contributed by atoms with van der Waals surface area (Å²) in [6.07, 6.45) is 0.965. The van der Waals surface area contributed by atoms with Crippen LogP contribution in [0.5, 0.6) is 0 Å². The van der Waals surface area contributed by atoms with Crippen molar-refractivity contribution in [2.45, 2.75) is 53.1 Å². The maximum atomic E-state index is 5.71. The van der Waals surface area contributed by atoms with Gasteiger partial charge in [-0.1, -0.05) is 20.8 Å². The van der Waals surface area contributed by atoms with Crippen LogP contribution in [0.25, 0.3) is 0 Å². The van der Waals surface area contributed by atoms with Gasteiger partial charge < -0.3 is 9.73 Å². The molecule has 1 N–H and O–H groups in total. The Morgan fingerprint density at radius 1 is 1.20 bits per heavy atom. The molecule has 86 valence electrons. The number of hydrogen-bond donors (Lipinski definition) is 1. The lowest BCUT2D eigenvalue weighted by Gasteiger charge is -2.21. The van der Waals surface area contributed by atoms with Crippen LogP contribution in [0, 0.1) is 5.92 Å². The maximum Gasteiger partial charge on any atom is 0.120 e. The number of furan rings is 1. The monoisotopic (exact) mass is 209 g/mol. The summed E-state index contributed by atoms with van der Waals surface area (Å²) < 4.78 is 5.71. The van der Waals surface area contributed by atoms with Crippen LogP contribution < -0.4 is 5.32 Å². The van der Waals surface area contributed by atoms with E-state index in [9.17, 15) is 0 Å². The number of aryl methyl sites for hydroxylation is 1. The Morgan fingerprint density at radius 2 is 1.87 bits per heavy atom. The fourth-order valence-electron chi connectivity index (χ4n) is 1.49. The SMILES string of the molecule is CCc1ccc(C(C)NC(C)C(C)C)o1. The van der Waals surface area contributed by atoms with Crippen LogP contribution in [-0.2, 0) is 6.42 Å². The Morgan fingerprint density at radius 3 is 2.33 bits per heavy atom. The minimum absolute atomic E-state index is 0.294. The molecule has 1 rings (SSSR count). The molecule has 1 aromatic rings. The molecule has 2 heteroatoms. The Bertz CT molecular complexity index is 290. The summed E-state index contributed by atoms with van der Waals surface area (Å²) in [5.41, 5.74) is 0. The lowest BCUT2D eigenvalue weighted by molar-refractivity contribution is 0.344. The highest BCUT2D eigenvalue weighted by Crippen LogP contribution is 2.18. The van der Waals surface area contributed by atoms with Gasteiger partial charge in [-0.2, -0.15) is 0 Å². The van der Waals surface area contributed by atoms with E-state index in [0.717, 1.165) is 17.9 Å². The molecule has 0 aliphatic rings. The smallest absolute Gasteiger partial charge is 0.120 e. The lowest BCUT2D eigenvalue weighted by atomic mass is 10.1. The summed E-state index contributed by atoms with van der Waals surface area (Å²) >= 11 is 0. The van der Waals surface area contributed by atoms with Crippen molar-refractivity contribution in [3.8, 4) is 0 Å². The molecular formula is C13H23NO. The van der Waals surface area contributed by atoms with Crippen LogP contribution in [-0.4, -0.2) is 6.04 Å². The van der Waals surface area contributed by atoms with Gasteiger partial charge in [0.1, 0.15) is 11.5 Å². The van der Waals surface area contributed by atoms with E-state index in [1.807, 2.05) is 0 Å². The van der Waals surface area contributed by atoms with E-state index in [1.54, 1.807) is 0 Å². The summed E-state index contributed by atoms with van der Waals surface area (Å²) in [5.74, 6) is 2.75. The lowest BCUT2D eigenvalue weighted by Crippen LogP contribution is -2.32. The van der Waals surface area contributed by atoms with E-state index >= 15 is 0 Å². The molecule has 1 heterocycles. The van der Waals surface area contributed by atoms with Gasteiger partial charge in [0.2, 0.25) is 0 Å². The highest BCUT2D eigenvalue weighted by atomic mass is 16.3. The second kappa shape index (κ2) is 5.36. The van der Waals surface area contributed by atoms with Gasteiger partial charge in [-0.15, -0.1) is 0 Å². The molecule has 0 fully saturated rings. The van der Waals surface area contributed by atoms with Crippen molar-refractivity contribution >= 4 is 0 Å². The highest BCUT2D eigenvalue weighted by molar-refractivity contribution is 5.10. The molecule has 0 aliphatic carbocycles. The number of rotatable bonds is 5. The van der Waals surface area contributed by atoms with Crippen molar-refractivity contribution in [2.24, 2.45) is 5.92 Å². The fraction of sp³-hybridized carbons (Fsp3) is 0.692. The summed E-state index contributed by atoms with van der Waals surface area (Å²) in [7, 11) is 0. The summed E-state index contributed by atoms with van der Waals surface area (Å²) in [6.45, 7) is 10.9. The molecule has 0 radical (unpaired) electrons. The average molecular weight is 209 g/mol. The van der Waals surface area contributed by atoms with E-state index in [4.69, 9.17) is 4.42 Å².